The lowest BCUT2D eigenvalue weighted by Crippen LogP contribution is -2.15. The van der Waals surface area contributed by atoms with Crippen molar-refractivity contribution in [1.29, 1.82) is 0 Å². The van der Waals surface area contributed by atoms with Crippen LogP contribution in [0.3, 0.4) is 0 Å². The van der Waals surface area contributed by atoms with Crippen LogP contribution in [0.25, 0.3) is 11.1 Å². The molecule has 2 nitrogen and oxygen atoms in total. The maximum absolute atomic E-state index is 11.7. The molecule has 0 aliphatic heterocycles. The highest BCUT2D eigenvalue weighted by Crippen LogP contribution is 2.25. The van der Waals surface area contributed by atoms with Gasteiger partial charge in [-0.05, 0) is 23.6 Å². The van der Waals surface area contributed by atoms with Crippen LogP contribution in [-0.2, 0) is 0 Å². The van der Waals surface area contributed by atoms with E-state index in [-0.39, 0.29) is 12.3 Å². The van der Waals surface area contributed by atoms with Gasteiger partial charge in [-0.1, -0.05) is 48.5 Å². The predicted molar refractivity (Wildman–Crippen MR) is 70.0 cm³/mol. The van der Waals surface area contributed by atoms with Gasteiger partial charge >= 0.3 is 0 Å². The number of Topliss-reactive ketones (excluding diaryl/α,β-unsaturated/α-hetero) is 1. The Hall–Kier alpha value is -1.93. The molecule has 0 spiro atoms. The first kappa shape index (κ1) is 11.6. The Bertz CT molecular complexity index is 532. The normalized spacial score (nSPS) is 10.2. The van der Waals surface area contributed by atoms with Crippen molar-refractivity contribution in [2.45, 2.75) is 6.92 Å². The van der Waals surface area contributed by atoms with Crippen LogP contribution in [0, 0.1) is 6.92 Å². The topological polar surface area (TPSA) is 43.1 Å². The van der Waals surface area contributed by atoms with Crippen molar-refractivity contribution < 1.29 is 4.79 Å². The summed E-state index contributed by atoms with van der Waals surface area (Å²) in [5.74, 6) is -0.0136. The van der Waals surface area contributed by atoms with Crippen molar-refractivity contribution in [3.63, 3.8) is 0 Å². The van der Waals surface area contributed by atoms with Crippen molar-refractivity contribution in [1.82, 2.24) is 0 Å². The number of benzene rings is 2. The van der Waals surface area contributed by atoms with E-state index in [4.69, 9.17) is 5.73 Å². The Morgan fingerprint density at radius 3 is 2.41 bits per heavy atom. The van der Waals surface area contributed by atoms with Gasteiger partial charge < -0.3 is 5.73 Å². The second-order valence-corrected chi connectivity index (χ2v) is 3.97. The van der Waals surface area contributed by atoms with Gasteiger partial charge in [-0.25, -0.2) is 0 Å². The number of carbonyl (C=O) groups excluding carboxylic acids is 1. The molecule has 2 aromatic rings. The van der Waals surface area contributed by atoms with Crippen LogP contribution in [0.4, 0.5) is 0 Å². The molecule has 86 valence electrons. The molecule has 17 heavy (non-hydrogen) atoms. The first-order valence-corrected chi connectivity index (χ1v) is 5.62. The standard InChI is InChI=1S/C15H15NO/c1-11-13(12-6-3-2-4-7-12)8-5-9-14(11)15(17)10-16/h2-9H,10,16H2,1H3. The Balaban J connectivity index is 2.54. The van der Waals surface area contributed by atoms with Gasteiger partial charge in [-0.15, -0.1) is 0 Å². The Labute approximate surface area is 101 Å². The summed E-state index contributed by atoms with van der Waals surface area (Å²) in [4.78, 5) is 11.7. The van der Waals surface area contributed by atoms with E-state index in [1.54, 1.807) is 0 Å². The second kappa shape index (κ2) is 4.93. The lowest BCUT2D eigenvalue weighted by atomic mass is 9.94. The largest absolute Gasteiger partial charge is 0.324 e. The van der Waals surface area contributed by atoms with Gasteiger partial charge in [0, 0.05) is 5.56 Å². The van der Waals surface area contributed by atoms with Gasteiger partial charge in [0.25, 0.3) is 0 Å². The monoisotopic (exact) mass is 225 g/mol. The first-order chi connectivity index (χ1) is 8.24. The van der Waals surface area contributed by atoms with E-state index in [9.17, 15) is 4.79 Å². The van der Waals surface area contributed by atoms with Crippen molar-refractivity contribution >= 4 is 5.78 Å². The molecule has 0 amide bonds. The van der Waals surface area contributed by atoms with Gasteiger partial charge in [-0.3, -0.25) is 4.79 Å². The molecule has 0 radical (unpaired) electrons. The minimum Gasteiger partial charge on any atom is -0.324 e. The van der Waals surface area contributed by atoms with E-state index >= 15 is 0 Å². The lowest BCUT2D eigenvalue weighted by molar-refractivity contribution is 0.100. The maximum atomic E-state index is 11.7. The molecule has 2 aromatic carbocycles. The summed E-state index contributed by atoms with van der Waals surface area (Å²) < 4.78 is 0. The third-order valence-corrected chi connectivity index (χ3v) is 2.90. The molecule has 0 fully saturated rings. The molecule has 0 aliphatic rings. The van der Waals surface area contributed by atoms with Crippen molar-refractivity contribution in [3.8, 4) is 11.1 Å². The number of rotatable bonds is 3. The summed E-state index contributed by atoms with van der Waals surface area (Å²) in [7, 11) is 0. The van der Waals surface area contributed by atoms with E-state index in [0.29, 0.717) is 5.56 Å². The third kappa shape index (κ3) is 2.27. The van der Waals surface area contributed by atoms with Crippen LogP contribution >= 0.6 is 0 Å². The Morgan fingerprint density at radius 2 is 1.76 bits per heavy atom. The molecular formula is C15H15NO. The number of nitrogens with two attached hydrogens (primary N) is 1. The van der Waals surface area contributed by atoms with E-state index in [1.165, 1.54) is 0 Å². The van der Waals surface area contributed by atoms with E-state index in [2.05, 4.69) is 0 Å². The number of hydrogen-bond donors (Lipinski definition) is 1. The molecule has 0 heterocycles. The Morgan fingerprint density at radius 1 is 1.06 bits per heavy atom. The summed E-state index contributed by atoms with van der Waals surface area (Å²) in [5.41, 5.74) is 9.33. The van der Waals surface area contributed by atoms with Crippen LogP contribution in [0.5, 0.6) is 0 Å². The molecule has 0 saturated heterocycles. The highest BCUT2D eigenvalue weighted by Gasteiger charge is 2.10. The van der Waals surface area contributed by atoms with E-state index < -0.39 is 0 Å². The minimum absolute atomic E-state index is 0.0136. The van der Waals surface area contributed by atoms with Gasteiger partial charge in [0.15, 0.2) is 5.78 Å². The predicted octanol–water partition coefficient (Wildman–Crippen LogP) is 2.80. The maximum Gasteiger partial charge on any atom is 0.176 e. The quantitative estimate of drug-likeness (QED) is 0.816. The number of carbonyl (C=O) groups is 1. The van der Waals surface area contributed by atoms with Gasteiger partial charge in [0.1, 0.15) is 0 Å². The van der Waals surface area contributed by atoms with Crippen LogP contribution in [-0.4, -0.2) is 12.3 Å². The van der Waals surface area contributed by atoms with Gasteiger partial charge in [0.05, 0.1) is 6.54 Å². The van der Waals surface area contributed by atoms with Gasteiger partial charge in [-0.2, -0.15) is 0 Å². The molecule has 0 bridgehead atoms. The zero-order valence-electron chi connectivity index (χ0n) is 9.81. The average Bonchev–Trinajstić information content (AvgIpc) is 2.39. The van der Waals surface area contributed by atoms with Crippen molar-refractivity contribution in [3.05, 3.63) is 59.7 Å². The highest BCUT2D eigenvalue weighted by molar-refractivity contribution is 6.00. The fraction of sp³-hybridized carbons (Fsp3) is 0.133. The zero-order valence-corrected chi connectivity index (χ0v) is 9.81. The Kier molecular flexibility index (Phi) is 3.35. The van der Waals surface area contributed by atoms with E-state index in [0.717, 1.165) is 16.7 Å². The summed E-state index contributed by atoms with van der Waals surface area (Å²) in [6.07, 6.45) is 0. The van der Waals surface area contributed by atoms with E-state index in [1.807, 2.05) is 55.5 Å². The van der Waals surface area contributed by atoms with Crippen LogP contribution in [0.15, 0.2) is 48.5 Å². The first-order valence-electron chi connectivity index (χ1n) is 5.62. The summed E-state index contributed by atoms with van der Waals surface area (Å²) >= 11 is 0. The fourth-order valence-corrected chi connectivity index (χ4v) is 1.98. The molecule has 2 heteroatoms. The minimum atomic E-state index is -0.0136. The van der Waals surface area contributed by atoms with Gasteiger partial charge in [0.2, 0.25) is 0 Å². The zero-order chi connectivity index (χ0) is 12.3. The third-order valence-electron chi connectivity index (χ3n) is 2.90. The number of hydrogen-bond acceptors (Lipinski definition) is 2. The van der Waals surface area contributed by atoms with Crippen molar-refractivity contribution in [2.75, 3.05) is 6.54 Å². The molecule has 2 rings (SSSR count). The molecule has 0 saturated carbocycles. The van der Waals surface area contributed by atoms with Crippen LogP contribution in [0.2, 0.25) is 0 Å². The summed E-state index contributed by atoms with van der Waals surface area (Å²) in [6, 6.07) is 15.8. The highest BCUT2D eigenvalue weighted by atomic mass is 16.1. The molecule has 0 aliphatic carbocycles. The number of ketones is 1. The molecular weight excluding hydrogens is 210 g/mol. The molecule has 0 atom stereocenters. The summed E-state index contributed by atoms with van der Waals surface area (Å²) in [5, 5.41) is 0. The summed E-state index contributed by atoms with van der Waals surface area (Å²) in [6.45, 7) is 2.02. The molecule has 0 unspecified atom stereocenters. The lowest BCUT2D eigenvalue weighted by Gasteiger charge is -2.10. The second-order valence-electron chi connectivity index (χ2n) is 3.97. The smallest absolute Gasteiger partial charge is 0.176 e. The van der Waals surface area contributed by atoms with Crippen LogP contribution < -0.4 is 5.73 Å². The SMILES string of the molecule is Cc1c(C(=O)CN)cccc1-c1ccccc1. The molecule has 0 aromatic heterocycles. The fourth-order valence-electron chi connectivity index (χ4n) is 1.98. The van der Waals surface area contributed by atoms with Crippen LogP contribution in [0.1, 0.15) is 15.9 Å². The molecule has 2 N–H and O–H groups in total. The average molecular weight is 225 g/mol. The van der Waals surface area contributed by atoms with Crippen molar-refractivity contribution in [2.24, 2.45) is 5.73 Å².